The number of aliphatic hydroxyl groups excluding tert-OH is 1. The van der Waals surface area contributed by atoms with E-state index in [1.54, 1.807) is 27.7 Å². The van der Waals surface area contributed by atoms with Crippen molar-refractivity contribution >= 4 is 11.8 Å². The molecule has 1 rings (SSSR count). The summed E-state index contributed by atoms with van der Waals surface area (Å²) in [7, 11) is 0. The molecule has 0 radical (unpaired) electrons. The van der Waals surface area contributed by atoms with E-state index in [0.717, 1.165) is 0 Å². The average molecular weight is 269 g/mol. The Labute approximate surface area is 112 Å². The highest BCUT2D eigenvalue weighted by atomic mass is 19.1. The van der Waals surface area contributed by atoms with E-state index in [1.165, 1.54) is 18.2 Å². The van der Waals surface area contributed by atoms with Crippen molar-refractivity contribution in [2.24, 2.45) is 0 Å². The zero-order chi connectivity index (χ0) is 14.6. The lowest BCUT2D eigenvalue weighted by Gasteiger charge is -2.20. The first-order valence-corrected chi connectivity index (χ1v) is 6.14. The van der Waals surface area contributed by atoms with Gasteiger partial charge in [-0.05, 0) is 51.5 Å². The molecule has 0 bridgehead atoms. The summed E-state index contributed by atoms with van der Waals surface area (Å²) in [5.74, 6) is -0.407. The van der Waals surface area contributed by atoms with Gasteiger partial charge in [0.25, 0.3) is 0 Å². The lowest BCUT2D eigenvalue weighted by molar-refractivity contribution is 0.0636. The van der Waals surface area contributed by atoms with Gasteiger partial charge in [-0.3, -0.25) is 5.32 Å². The van der Waals surface area contributed by atoms with Crippen LogP contribution in [0.15, 0.2) is 18.2 Å². The normalized spacial score (nSPS) is 12.9. The molecule has 2 N–H and O–H groups in total. The van der Waals surface area contributed by atoms with Crippen LogP contribution in [0.5, 0.6) is 0 Å². The summed E-state index contributed by atoms with van der Waals surface area (Å²) in [5, 5.41) is 11.8. The Morgan fingerprint density at radius 2 is 2.11 bits per heavy atom. The number of nitrogens with one attached hydrogen (secondary N) is 1. The highest BCUT2D eigenvalue weighted by molar-refractivity contribution is 5.84. The van der Waals surface area contributed by atoms with Crippen molar-refractivity contribution in [2.75, 3.05) is 5.32 Å². The molecule has 106 valence electrons. The van der Waals surface area contributed by atoms with Gasteiger partial charge in [0.15, 0.2) is 0 Å². The number of anilines is 1. The van der Waals surface area contributed by atoms with Crippen LogP contribution in [0, 0.1) is 5.82 Å². The molecule has 1 amide bonds. The number of aliphatic hydroxyl groups is 1. The number of amides is 1. The fraction of sp³-hybridized carbons (Fsp3) is 0.500. The second-order valence-electron chi connectivity index (χ2n) is 5.49. The Bertz CT molecular complexity index is 452. The van der Waals surface area contributed by atoms with Gasteiger partial charge in [0.1, 0.15) is 11.4 Å². The first kappa shape index (κ1) is 15.4. The predicted molar refractivity (Wildman–Crippen MR) is 71.6 cm³/mol. The molecule has 0 aliphatic carbocycles. The smallest absolute Gasteiger partial charge is 0.412 e. The number of rotatable bonds is 3. The maximum absolute atomic E-state index is 13.5. The maximum atomic E-state index is 13.5. The second-order valence-corrected chi connectivity index (χ2v) is 5.49. The lowest BCUT2D eigenvalue weighted by atomic mass is 10.1. The van der Waals surface area contributed by atoms with Crippen LogP contribution in [0.4, 0.5) is 14.9 Å². The molecule has 1 aromatic rings. The number of carbonyl (C=O) groups is 1. The quantitative estimate of drug-likeness (QED) is 0.886. The largest absolute Gasteiger partial charge is 0.444 e. The van der Waals surface area contributed by atoms with Gasteiger partial charge in [-0.15, -0.1) is 0 Å². The molecule has 0 saturated carbocycles. The van der Waals surface area contributed by atoms with Gasteiger partial charge in [0.05, 0.1) is 6.10 Å². The van der Waals surface area contributed by atoms with Crippen molar-refractivity contribution < 1.29 is 19.0 Å². The van der Waals surface area contributed by atoms with E-state index >= 15 is 0 Å². The molecule has 1 aromatic carbocycles. The molecule has 5 heteroatoms. The minimum absolute atomic E-state index is 0.190. The SMILES string of the molecule is C[C@@H](O)Cc1cc(NC(=O)OC(C)(C)C)ccc1F. The number of halogens is 1. The van der Waals surface area contributed by atoms with Gasteiger partial charge in [-0.1, -0.05) is 0 Å². The lowest BCUT2D eigenvalue weighted by Crippen LogP contribution is -2.27. The molecule has 4 nitrogen and oxygen atoms in total. The molecule has 0 fully saturated rings. The van der Waals surface area contributed by atoms with Gasteiger partial charge in [-0.2, -0.15) is 0 Å². The van der Waals surface area contributed by atoms with Crippen LogP contribution in [0.3, 0.4) is 0 Å². The fourth-order valence-corrected chi connectivity index (χ4v) is 1.55. The molecule has 0 aliphatic heterocycles. The highest BCUT2D eigenvalue weighted by Crippen LogP contribution is 2.17. The zero-order valence-corrected chi connectivity index (χ0v) is 11.7. The molecule has 0 aliphatic rings. The van der Waals surface area contributed by atoms with Crippen molar-refractivity contribution in [3.8, 4) is 0 Å². The Hall–Kier alpha value is -1.62. The van der Waals surface area contributed by atoms with Crippen LogP contribution in [-0.4, -0.2) is 22.9 Å². The molecule has 0 saturated heterocycles. The topological polar surface area (TPSA) is 58.6 Å². The number of benzene rings is 1. The van der Waals surface area contributed by atoms with E-state index < -0.39 is 23.6 Å². The van der Waals surface area contributed by atoms with Crippen molar-refractivity contribution in [1.82, 2.24) is 0 Å². The third kappa shape index (κ3) is 5.70. The summed E-state index contributed by atoms with van der Waals surface area (Å²) in [6.45, 7) is 6.86. The number of hydrogen-bond donors (Lipinski definition) is 2. The molecule has 0 unspecified atom stereocenters. The molecule has 0 spiro atoms. The standard InChI is InChI=1S/C14H20FNO3/c1-9(17)7-10-8-11(5-6-12(10)15)16-13(18)19-14(2,3)4/h5-6,8-9,17H,7H2,1-4H3,(H,16,18)/t9-/m1/s1. The van der Waals surface area contributed by atoms with E-state index in [2.05, 4.69) is 5.32 Å². The number of carbonyl (C=O) groups excluding carboxylic acids is 1. The number of ether oxygens (including phenoxy) is 1. The van der Waals surface area contributed by atoms with Gasteiger partial charge in [0, 0.05) is 12.1 Å². The van der Waals surface area contributed by atoms with Crippen molar-refractivity contribution in [1.29, 1.82) is 0 Å². The van der Waals surface area contributed by atoms with Crippen LogP contribution < -0.4 is 5.32 Å². The van der Waals surface area contributed by atoms with Crippen LogP contribution >= 0.6 is 0 Å². The Morgan fingerprint density at radius 3 is 2.63 bits per heavy atom. The van der Waals surface area contributed by atoms with Crippen molar-refractivity contribution in [3.63, 3.8) is 0 Å². The van der Waals surface area contributed by atoms with E-state index in [0.29, 0.717) is 11.3 Å². The summed E-state index contributed by atoms with van der Waals surface area (Å²) >= 11 is 0. The molecular formula is C14H20FNO3. The molecular weight excluding hydrogens is 249 g/mol. The fourth-order valence-electron chi connectivity index (χ4n) is 1.55. The van der Waals surface area contributed by atoms with E-state index in [4.69, 9.17) is 4.74 Å². The third-order valence-corrected chi connectivity index (χ3v) is 2.21. The van der Waals surface area contributed by atoms with E-state index in [1.807, 2.05) is 0 Å². The zero-order valence-electron chi connectivity index (χ0n) is 11.7. The molecule has 1 atom stereocenters. The summed E-state index contributed by atoms with van der Waals surface area (Å²) in [4.78, 5) is 11.6. The summed E-state index contributed by atoms with van der Waals surface area (Å²) in [6, 6.07) is 4.20. The monoisotopic (exact) mass is 269 g/mol. The van der Waals surface area contributed by atoms with E-state index in [9.17, 15) is 14.3 Å². The first-order valence-electron chi connectivity index (χ1n) is 6.14. The van der Waals surface area contributed by atoms with Crippen LogP contribution in [0.25, 0.3) is 0 Å². The molecule has 19 heavy (non-hydrogen) atoms. The van der Waals surface area contributed by atoms with Crippen molar-refractivity contribution in [3.05, 3.63) is 29.6 Å². The van der Waals surface area contributed by atoms with Crippen molar-refractivity contribution in [2.45, 2.75) is 45.8 Å². The highest BCUT2D eigenvalue weighted by Gasteiger charge is 2.16. The first-order chi connectivity index (χ1) is 8.67. The number of hydrogen-bond acceptors (Lipinski definition) is 3. The minimum Gasteiger partial charge on any atom is -0.444 e. The van der Waals surface area contributed by atoms with Crippen LogP contribution in [0.2, 0.25) is 0 Å². The van der Waals surface area contributed by atoms with Gasteiger partial charge in [0.2, 0.25) is 0 Å². The van der Waals surface area contributed by atoms with Crippen LogP contribution in [0.1, 0.15) is 33.3 Å². The summed E-state index contributed by atoms with van der Waals surface area (Å²) < 4.78 is 18.6. The molecule has 0 heterocycles. The van der Waals surface area contributed by atoms with E-state index in [-0.39, 0.29) is 6.42 Å². The minimum atomic E-state index is -0.647. The van der Waals surface area contributed by atoms with Gasteiger partial charge < -0.3 is 9.84 Å². The van der Waals surface area contributed by atoms with Gasteiger partial charge in [-0.25, -0.2) is 9.18 Å². The predicted octanol–water partition coefficient (Wildman–Crippen LogP) is 3.10. The second kappa shape index (κ2) is 6.02. The Morgan fingerprint density at radius 1 is 1.47 bits per heavy atom. The maximum Gasteiger partial charge on any atom is 0.412 e. The Balaban J connectivity index is 2.77. The Kier molecular flexibility index (Phi) is 4.89. The third-order valence-electron chi connectivity index (χ3n) is 2.21. The van der Waals surface area contributed by atoms with Crippen LogP contribution in [-0.2, 0) is 11.2 Å². The average Bonchev–Trinajstić information content (AvgIpc) is 2.19. The summed E-state index contributed by atoms with van der Waals surface area (Å²) in [6.07, 6.45) is -1.05. The summed E-state index contributed by atoms with van der Waals surface area (Å²) in [5.41, 5.74) is 0.196. The molecule has 0 aromatic heterocycles. The van der Waals surface area contributed by atoms with Gasteiger partial charge >= 0.3 is 6.09 Å².